The Morgan fingerprint density at radius 2 is 1.55 bits per heavy atom. The van der Waals surface area contributed by atoms with Crippen LogP contribution in [0.15, 0.2) is 18.2 Å². The predicted molar refractivity (Wildman–Crippen MR) is 93.4 cm³/mol. The highest BCUT2D eigenvalue weighted by molar-refractivity contribution is 5.89. The molecule has 22 heavy (non-hydrogen) atoms. The lowest BCUT2D eigenvalue weighted by atomic mass is 9.99. The first-order valence-electron chi connectivity index (χ1n) is 8.87. The average molecular weight is 304 g/mol. The Morgan fingerprint density at radius 1 is 0.955 bits per heavy atom. The summed E-state index contributed by atoms with van der Waals surface area (Å²) in [6.07, 6.45) is 13.3. The van der Waals surface area contributed by atoms with Gasteiger partial charge in [0.25, 0.3) is 0 Å². The lowest BCUT2D eigenvalue weighted by Gasteiger charge is -2.08. The van der Waals surface area contributed by atoms with Gasteiger partial charge >= 0.3 is 5.97 Å². The molecule has 0 aromatic heterocycles. The molecule has 0 unspecified atom stereocenters. The molecule has 0 aliphatic rings. The summed E-state index contributed by atoms with van der Waals surface area (Å²) in [5.41, 5.74) is 3.20. The number of carbonyl (C=O) groups excluding carboxylic acids is 1. The van der Waals surface area contributed by atoms with Gasteiger partial charge in [0.15, 0.2) is 0 Å². The van der Waals surface area contributed by atoms with Gasteiger partial charge in [-0.05, 0) is 43.0 Å². The first kappa shape index (κ1) is 18.7. The highest BCUT2D eigenvalue weighted by Crippen LogP contribution is 2.16. The second-order valence-corrected chi connectivity index (χ2v) is 6.21. The van der Waals surface area contributed by atoms with Crippen molar-refractivity contribution in [3.05, 3.63) is 34.9 Å². The summed E-state index contributed by atoms with van der Waals surface area (Å²) >= 11 is 0. The van der Waals surface area contributed by atoms with Crippen molar-refractivity contribution in [2.45, 2.75) is 78.1 Å². The molecule has 0 heterocycles. The van der Waals surface area contributed by atoms with Gasteiger partial charge in [-0.25, -0.2) is 4.79 Å². The van der Waals surface area contributed by atoms with E-state index in [1.54, 1.807) is 0 Å². The fourth-order valence-electron chi connectivity index (χ4n) is 2.85. The number of unbranched alkanes of at least 4 members (excludes halogenated alkanes) is 8. The van der Waals surface area contributed by atoms with Crippen LogP contribution in [0.3, 0.4) is 0 Å². The summed E-state index contributed by atoms with van der Waals surface area (Å²) in [6.45, 7) is 4.34. The van der Waals surface area contributed by atoms with E-state index in [0.717, 1.165) is 6.42 Å². The number of ether oxygens (including phenoxy) is 1. The summed E-state index contributed by atoms with van der Waals surface area (Å²) in [5, 5.41) is 0. The SMILES string of the molecule is CCCCCCCCCCCc1ccc(C(=O)OC)cc1C. The van der Waals surface area contributed by atoms with Crippen LogP contribution in [0.4, 0.5) is 0 Å². The van der Waals surface area contributed by atoms with Crippen molar-refractivity contribution < 1.29 is 9.53 Å². The normalized spacial score (nSPS) is 10.7. The maximum atomic E-state index is 11.5. The number of rotatable bonds is 11. The molecule has 1 aromatic carbocycles. The molecule has 0 saturated carbocycles. The van der Waals surface area contributed by atoms with E-state index >= 15 is 0 Å². The maximum absolute atomic E-state index is 11.5. The van der Waals surface area contributed by atoms with Gasteiger partial charge in [-0.2, -0.15) is 0 Å². The Hall–Kier alpha value is -1.31. The minimum atomic E-state index is -0.252. The largest absolute Gasteiger partial charge is 0.465 e. The Morgan fingerprint density at radius 3 is 2.09 bits per heavy atom. The van der Waals surface area contributed by atoms with Crippen LogP contribution in [-0.4, -0.2) is 13.1 Å². The van der Waals surface area contributed by atoms with Crippen LogP contribution in [-0.2, 0) is 11.2 Å². The van der Waals surface area contributed by atoms with Gasteiger partial charge in [0.1, 0.15) is 0 Å². The monoisotopic (exact) mass is 304 g/mol. The van der Waals surface area contributed by atoms with Crippen molar-refractivity contribution in [3.63, 3.8) is 0 Å². The molecule has 0 aliphatic heterocycles. The van der Waals surface area contributed by atoms with Gasteiger partial charge in [-0.1, -0.05) is 64.4 Å². The Labute approximate surface area is 136 Å². The van der Waals surface area contributed by atoms with E-state index in [2.05, 4.69) is 19.9 Å². The van der Waals surface area contributed by atoms with Crippen molar-refractivity contribution in [1.29, 1.82) is 0 Å². The molecule has 0 saturated heterocycles. The van der Waals surface area contributed by atoms with Crippen LogP contribution >= 0.6 is 0 Å². The summed E-state index contributed by atoms with van der Waals surface area (Å²) in [4.78, 5) is 11.5. The second kappa shape index (κ2) is 11.3. The van der Waals surface area contributed by atoms with Gasteiger partial charge in [0.05, 0.1) is 12.7 Å². The summed E-state index contributed by atoms with van der Waals surface area (Å²) in [5.74, 6) is -0.252. The quantitative estimate of drug-likeness (QED) is 0.378. The molecule has 2 heteroatoms. The lowest BCUT2D eigenvalue weighted by Crippen LogP contribution is -2.02. The third-order valence-electron chi connectivity index (χ3n) is 4.31. The molecule has 0 radical (unpaired) electrons. The molecule has 124 valence electrons. The number of esters is 1. The molecular weight excluding hydrogens is 272 g/mol. The molecule has 1 rings (SSSR count). The fraction of sp³-hybridized carbons (Fsp3) is 0.650. The number of aryl methyl sites for hydroxylation is 2. The lowest BCUT2D eigenvalue weighted by molar-refractivity contribution is 0.0600. The predicted octanol–water partition coefficient (Wildman–Crippen LogP) is 5.85. The Kier molecular flexibility index (Phi) is 9.61. The zero-order chi connectivity index (χ0) is 16.2. The van der Waals surface area contributed by atoms with Gasteiger partial charge in [0.2, 0.25) is 0 Å². The number of benzene rings is 1. The van der Waals surface area contributed by atoms with E-state index in [1.807, 2.05) is 12.1 Å². The first-order chi connectivity index (χ1) is 10.7. The van der Waals surface area contributed by atoms with E-state index in [-0.39, 0.29) is 5.97 Å². The number of hydrogen-bond acceptors (Lipinski definition) is 2. The minimum absolute atomic E-state index is 0.252. The van der Waals surface area contributed by atoms with Gasteiger partial charge in [-0.3, -0.25) is 0 Å². The molecular formula is C20H32O2. The van der Waals surface area contributed by atoms with Crippen molar-refractivity contribution in [2.75, 3.05) is 7.11 Å². The molecule has 0 aliphatic carbocycles. The molecule has 0 atom stereocenters. The van der Waals surface area contributed by atoms with E-state index in [0.29, 0.717) is 5.56 Å². The van der Waals surface area contributed by atoms with Crippen LogP contribution in [0.1, 0.15) is 86.2 Å². The first-order valence-corrected chi connectivity index (χ1v) is 8.87. The van der Waals surface area contributed by atoms with Gasteiger partial charge in [0, 0.05) is 0 Å². The minimum Gasteiger partial charge on any atom is -0.465 e. The molecule has 2 nitrogen and oxygen atoms in total. The average Bonchev–Trinajstić information content (AvgIpc) is 2.53. The van der Waals surface area contributed by atoms with Crippen molar-refractivity contribution in [2.24, 2.45) is 0 Å². The molecule has 0 fully saturated rings. The zero-order valence-electron chi connectivity index (χ0n) is 14.6. The number of carbonyl (C=O) groups is 1. The van der Waals surface area contributed by atoms with E-state index in [1.165, 1.54) is 76.0 Å². The fourth-order valence-corrected chi connectivity index (χ4v) is 2.85. The van der Waals surface area contributed by atoms with E-state index in [9.17, 15) is 4.79 Å². The van der Waals surface area contributed by atoms with Crippen LogP contribution in [0, 0.1) is 6.92 Å². The molecule has 0 spiro atoms. The highest BCUT2D eigenvalue weighted by atomic mass is 16.5. The zero-order valence-corrected chi connectivity index (χ0v) is 14.6. The molecule has 0 bridgehead atoms. The second-order valence-electron chi connectivity index (χ2n) is 6.21. The van der Waals surface area contributed by atoms with Crippen molar-refractivity contribution in [1.82, 2.24) is 0 Å². The summed E-state index contributed by atoms with van der Waals surface area (Å²) < 4.78 is 4.75. The smallest absolute Gasteiger partial charge is 0.337 e. The van der Waals surface area contributed by atoms with E-state index < -0.39 is 0 Å². The standard InChI is InChI=1S/C20H32O2/c1-4-5-6-7-8-9-10-11-12-13-18-14-15-19(16-17(18)2)20(21)22-3/h14-16H,4-13H2,1-3H3. The summed E-state index contributed by atoms with van der Waals surface area (Å²) in [7, 11) is 1.42. The maximum Gasteiger partial charge on any atom is 0.337 e. The highest BCUT2D eigenvalue weighted by Gasteiger charge is 2.07. The molecule has 0 N–H and O–H groups in total. The van der Waals surface area contributed by atoms with Crippen molar-refractivity contribution in [3.8, 4) is 0 Å². The molecule has 0 amide bonds. The van der Waals surface area contributed by atoms with Gasteiger partial charge in [-0.15, -0.1) is 0 Å². The number of methoxy groups -OCH3 is 1. The topological polar surface area (TPSA) is 26.3 Å². The van der Waals surface area contributed by atoms with Crippen LogP contribution in [0.25, 0.3) is 0 Å². The number of hydrogen-bond donors (Lipinski definition) is 0. The third-order valence-corrected chi connectivity index (χ3v) is 4.31. The summed E-state index contributed by atoms with van der Waals surface area (Å²) in [6, 6.07) is 5.89. The Balaban J connectivity index is 2.18. The van der Waals surface area contributed by atoms with E-state index in [4.69, 9.17) is 4.74 Å². The van der Waals surface area contributed by atoms with Crippen LogP contribution in [0.2, 0.25) is 0 Å². The van der Waals surface area contributed by atoms with Crippen LogP contribution < -0.4 is 0 Å². The molecule has 1 aromatic rings. The Bertz CT molecular complexity index is 437. The van der Waals surface area contributed by atoms with Crippen LogP contribution in [0.5, 0.6) is 0 Å². The van der Waals surface area contributed by atoms with Gasteiger partial charge < -0.3 is 4.74 Å². The third kappa shape index (κ3) is 7.11. The van der Waals surface area contributed by atoms with Crippen molar-refractivity contribution >= 4 is 5.97 Å².